The third kappa shape index (κ3) is 1.59. The molecule has 19 heavy (non-hydrogen) atoms. The van der Waals surface area contributed by atoms with Crippen LogP contribution in [0.2, 0.25) is 0 Å². The zero-order chi connectivity index (χ0) is 13.6. The summed E-state index contributed by atoms with van der Waals surface area (Å²) in [6.45, 7) is 0. The Morgan fingerprint density at radius 1 is 1.37 bits per heavy atom. The van der Waals surface area contributed by atoms with Crippen LogP contribution in [0.1, 0.15) is 10.5 Å². The van der Waals surface area contributed by atoms with Gasteiger partial charge in [-0.3, -0.25) is 4.57 Å². The van der Waals surface area contributed by atoms with Crippen LogP contribution < -0.4 is 0 Å². The molecule has 3 rings (SSSR count). The molecular weight excluding hydrogens is 251 g/mol. The number of carboxylic acid groups (broad SMARTS) is 1. The van der Waals surface area contributed by atoms with Gasteiger partial charge < -0.3 is 5.11 Å². The van der Waals surface area contributed by atoms with Crippen molar-refractivity contribution in [3.05, 3.63) is 42.0 Å². The summed E-state index contributed by atoms with van der Waals surface area (Å²) in [6, 6.07) is 6.17. The number of nitrogens with zero attached hydrogens (tertiary/aromatic N) is 4. The Balaban J connectivity index is 2.29. The summed E-state index contributed by atoms with van der Waals surface area (Å²) in [5, 5.41) is 13.1. The standard InChI is InChI=1S/C12H9FN4O2/c1-16-10(7-4-2-3-5-8(7)13)15-17-9(11(18)19)6-14-12(16)17/h2-6H,1H3,(H,18,19). The van der Waals surface area contributed by atoms with Crippen LogP contribution in [0.3, 0.4) is 0 Å². The van der Waals surface area contributed by atoms with E-state index in [2.05, 4.69) is 10.1 Å². The van der Waals surface area contributed by atoms with Crippen molar-refractivity contribution in [3.8, 4) is 11.4 Å². The second kappa shape index (κ2) is 3.91. The molecule has 2 aromatic heterocycles. The summed E-state index contributed by atoms with van der Waals surface area (Å²) in [5.41, 5.74) is 0.236. The van der Waals surface area contributed by atoms with Crippen LogP contribution in [-0.4, -0.2) is 30.2 Å². The maximum Gasteiger partial charge on any atom is 0.356 e. The van der Waals surface area contributed by atoms with E-state index in [-0.39, 0.29) is 5.69 Å². The van der Waals surface area contributed by atoms with Gasteiger partial charge >= 0.3 is 5.97 Å². The Hall–Kier alpha value is -2.70. The molecule has 0 aliphatic carbocycles. The lowest BCUT2D eigenvalue weighted by Crippen LogP contribution is -2.02. The molecule has 0 saturated heterocycles. The SMILES string of the molecule is Cn1c(-c2ccccc2F)nn2c(C(=O)O)cnc12. The zero-order valence-electron chi connectivity index (χ0n) is 9.91. The van der Waals surface area contributed by atoms with E-state index in [1.54, 1.807) is 29.8 Å². The molecule has 1 N–H and O–H groups in total. The largest absolute Gasteiger partial charge is 0.476 e. The Morgan fingerprint density at radius 3 is 2.79 bits per heavy atom. The van der Waals surface area contributed by atoms with Gasteiger partial charge in [0.25, 0.3) is 0 Å². The first kappa shape index (κ1) is 11.4. The summed E-state index contributed by atoms with van der Waals surface area (Å²) < 4.78 is 16.5. The van der Waals surface area contributed by atoms with Crippen LogP contribution in [0, 0.1) is 5.82 Å². The molecule has 0 atom stereocenters. The molecule has 96 valence electrons. The van der Waals surface area contributed by atoms with Gasteiger partial charge in [0.15, 0.2) is 11.5 Å². The fraction of sp³-hybridized carbons (Fsp3) is 0.0833. The Bertz CT molecular complexity index is 790. The Labute approximate surface area is 106 Å². The second-order valence-electron chi connectivity index (χ2n) is 4.02. The summed E-state index contributed by atoms with van der Waals surface area (Å²) in [7, 11) is 1.66. The van der Waals surface area contributed by atoms with Gasteiger partial charge in [-0.2, -0.15) is 4.52 Å². The lowest BCUT2D eigenvalue weighted by molar-refractivity contribution is 0.0688. The highest BCUT2D eigenvalue weighted by Gasteiger charge is 2.19. The van der Waals surface area contributed by atoms with Crippen molar-refractivity contribution in [3.63, 3.8) is 0 Å². The molecule has 0 saturated carbocycles. The fourth-order valence-corrected chi connectivity index (χ4v) is 1.94. The van der Waals surface area contributed by atoms with Gasteiger partial charge in [-0.05, 0) is 12.1 Å². The molecule has 6 nitrogen and oxygen atoms in total. The normalized spacial score (nSPS) is 11.1. The van der Waals surface area contributed by atoms with Crippen LogP contribution in [0.25, 0.3) is 17.2 Å². The highest BCUT2D eigenvalue weighted by atomic mass is 19.1. The number of halogens is 1. The number of aryl methyl sites for hydroxylation is 1. The monoisotopic (exact) mass is 260 g/mol. The first-order valence-corrected chi connectivity index (χ1v) is 5.48. The average Bonchev–Trinajstić information content (AvgIpc) is 2.91. The third-order valence-corrected chi connectivity index (χ3v) is 2.87. The summed E-state index contributed by atoms with van der Waals surface area (Å²) in [6.07, 6.45) is 1.22. The van der Waals surface area contributed by atoms with Gasteiger partial charge in [0.2, 0.25) is 5.78 Å². The van der Waals surface area contributed by atoms with Gasteiger partial charge in [-0.15, -0.1) is 5.10 Å². The van der Waals surface area contributed by atoms with E-state index in [1.807, 2.05) is 0 Å². The van der Waals surface area contributed by atoms with Crippen LogP contribution in [0.15, 0.2) is 30.5 Å². The average molecular weight is 260 g/mol. The van der Waals surface area contributed by atoms with Crippen molar-refractivity contribution in [1.82, 2.24) is 19.2 Å². The molecule has 0 unspecified atom stereocenters. The first-order chi connectivity index (χ1) is 9.09. The zero-order valence-corrected chi connectivity index (χ0v) is 9.91. The molecule has 7 heteroatoms. The van der Waals surface area contributed by atoms with E-state index >= 15 is 0 Å². The van der Waals surface area contributed by atoms with Crippen LogP contribution in [-0.2, 0) is 7.05 Å². The van der Waals surface area contributed by atoms with Crippen molar-refractivity contribution >= 4 is 11.7 Å². The van der Waals surface area contributed by atoms with Crippen molar-refractivity contribution in [2.24, 2.45) is 7.05 Å². The van der Waals surface area contributed by atoms with Crippen LogP contribution in [0.5, 0.6) is 0 Å². The minimum absolute atomic E-state index is 0.0619. The number of rotatable bonds is 2. The number of hydrogen-bond donors (Lipinski definition) is 1. The number of carboxylic acids is 1. The van der Waals surface area contributed by atoms with Gasteiger partial charge in [0.05, 0.1) is 11.8 Å². The first-order valence-electron chi connectivity index (χ1n) is 5.48. The van der Waals surface area contributed by atoms with Gasteiger partial charge in [-0.25, -0.2) is 14.2 Å². The molecule has 3 aromatic rings. The molecule has 0 bridgehead atoms. The number of imidazole rings is 1. The number of hydrogen-bond acceptors (Lipinski definition) is 3. The molecule has 0 radical (unpaired) electrons. The quantitative estimate of drug-likeness (QED) is 0.759. The Kier molecular flexibility index (Phi) is 2.34. The van der Waals surface area contributed by atoms with E-state index < -0.39 is 11.8 Å². The van der Waals surface area contributed by atoms with Gasteiger partial charge in [-0.1, -0.05) is 12.1 Å². The topological polar surface area (TPSA) is 72.4 Å². The minimum Gasteiger partial charge on any atom is -0.476 e. The van der Waals surface area contributed by atoms with Crippen molar-refractivity contribution in [2.75, 3.05) is 0 Å². The lowest BCUT2D eigenvalue weighted by atomic mass is 10.2. The lowest BCUT2D eigenvalue weighted by Gasteiger charge is -2.01. The van der Waals surface area contributed by atoms with E-state index in [0.29, 0.717) is 17.2 Å². The summed E-state index contributed by atoms with van der Waals surface area (Å²) in [4.78, 5) is 15.0. The molecule has 0 spiro atoms. The number of aromatic nitrogens is 4. The fourth-order valence-electron chi connectivity index (χ4n) is 1.94. The van der Waals surface area contributed by atoms with Crippen LogP contribution in [0.4, 0.5) is 4.39 Å². The predicted octanol–water partition coefficient (Wildman–Crippen LogP) is 1.57. The molecule has 1 aromatic carbocycles. The van der Waals surface area contributed by atoms with Gasteiger partial charge in [0.1, 0.15) is 5.82 Å². The molecule has 0 fully saturated rings. The highest BCUT2D eigenvalue weighted by Crippen LogP contribution is 2.22. The number of aromatic carboxylic acids is 1. The minimum atomic E-state index is -1.13. The molecule has 2 heterocycles. The number of benzene rings is 1. The van der Waals surface area contributed by atoms with E-state index in [0.717, 1.165) is 0 Å². The summed E-state index contributed by atoms with van der Waals surface area (Å²) >= 11 is 0. The third-order valence-electron chi connectivity index (χ3n) is 2.87. The van der Waals surface area contributed by atoms with Crippen molar-refractivity contribution in [2.45, 2.75) is 0 Å². The van der Waals surface area contributed by atoms with Gasteiger partial charge in [0, 0.05) is 7.05 Å². The number of carbonyl (C=O) groups is 1. The predicted molar refractivity (Wildman–Crippen MR) is 64.3 cm³/mol. The smallest absolute Gasteiger partial charge is 0.356 e. The van der Waals surface area contributed by atoms with E-state index in [1.165, 1.54) is 16.8 Å². The summed E-state index contributed by atoms with van der Waals surface area (Å²) in [5.74, 6) is -0.888. The van der Waals surface area contributed by atoms with E-state index in [9.17, 15) is 9.18 Å². The number of fused-ring (bicyclic) bond motifs is 1. The highest BCUT2D eigenvalue weighted by molar-refractivity contribution is 5.86. The maximum atomic E-state index is 13.7. The molecule has 0 aliphatic rings. The maximum absolute atomic E-state index is 13.7. The molecule has 0 aliphatic heterocycles. The van der Waals surface area contributed by atoms with Crippen molar-refractivity contribution < 1.29 is 14.3 Å². The van der Waals surface area contributed by atoms with E-state index in [4.69, 9.17) is 5.11 Å². The molecule has 0 amide bonds. The second-order valence-corrected chi connectivity index (χ2v) is 4.02. The Morgan fingerprint density at radius 2 is 2.11 bits per heavy atom. The molecular formula is C12H9FN4O2. The van der Waals surface area contributed by atoms with Crippen LogP contribution >= 0.6 is 0 Å². The van der Waals surface area contributed by atoms with Crippen molar-refractivity contribution in [1.29, 1.82) is 0 Å².